The number of benzene rings is 2. The van der Waals surface area contributed by atoms with Gasteiger partial charge < -0.3 is 4.74 Å². The summed E-state index contributed by atoms with van der Waals surface area (Å²) in [6, 6.07) is 13.0. The summed E-state index contributed by atoms with van der Waals surface area (Å²) in [6.45, 7) is 0. The summed E-state index contributed by atoms with van der Waals surface area (Å²) in [6.07, 6.45) is 1.29. The second-order valence-electron chi connectivity index (χ2n) is 5.54. The van der Waals surface area contributed by atoms with Gasteiger partial charge in [-0.25, -0.2) is 0 Å². The Bertz CT molecular complexity index is 756. The number of carbonyl (C=O) groups excluding carboxylic acids is 1. The van der Waals surface area contributed by atoms with Crippen LogP contribution in [-0.2, 0) is 11.2 Å². The lowest BCUT2D eigenvalue weighted by atomic mass is 9.79. The Morgan fingerprint density at radius 2 is 1.95 bits per heavy atom. The van der Waals surface area contributed by atoms with Gasteiger partial charge in [0.25, 0.3) is 0 Å². The molecular formula is C17H12Cl2O2. The Labute approximate surface area is 132 Å². The van der Waals surface area contributed by atoms with Crippen LogP contribution >= 0.6 is 23.2 Å². The van der Waals surface area contributed by atoms with Crippen molar-refractivity contribution in [2.45, 2.75) is 24.5 Å². The van der Waals surface area contributed by atoms with Crippen LogP contribution in [0.4, 0.5) is 0 Å². The zero-order valence-corrected chi connectivity index (χ0v) is 12.6. The summed E-state index contributed by atoms with van der Waals surface area (Å²) in [5.74, 6) is 0.0698. The molecule has 106 valence electrons. The van der Waals surface area contributed by atoms with Crippen molar-refractivity contribution < 1.29 is 9.53 Å². The number of Topliss-reactive ketones (excluding diaryl/α,β-unsaturated/α-hetero) is 1. The van der Waals surface area contributed by atoms with E-state index in [0.717, 1.165) is 23.1 Å². The molecule has 1 spiro atoms. The van der Waals surface area contributed by atoms with E-state index in [0.29, 0.717) is 16.5 Å². The molecule has 0 amide bonds. The van der Waals surface area contributed by atoms with Gasteiger partial charge in [-0.05, 0) is 30.5 Å². The number of carbonyl (C=O) groups is 1. The minimum Gasteiger partial charge on any atom is -0.352 e. The molecule has 4 heteroatoms. The van der Waals surface area contributed by atoms with Gasteiger partial charge in [0.2, 0.25) is 0 Å². The lowest BCUT2D eigenvalue weighted by molar-refractivity contribution is 0.0850. The molecule has 0 bridgehead atoms. The fourth-order valence-corrected chi connectivity index (χ4v) is 3.70. The smallest absolute Gasteiger partial charge is 0.198 e. The lowest BCUT2D eigenvalue weighted by Crippen LogP contribution is -2.31. The van der Waals surface area contributed by atoms with Gasteiger partial charge in [-0.3, -0.25) is 4.79 Å². The highest BCUT2D eigenvalue weighted by Gasteiger charge is 2.64. The van der Waals surface area contributed by atoms with E-state index in [-0.39, 0.29) is 11.9 Å². The fourth-order valence-electron chi connectivity index (χ4n) is 3.19. The molecule has 0 aromatic heterocycles. The van der Waals surface area contributed by atoms with Crippen LogP contribution in [-0.4, -0.2) is 11.4 Å². The fraction of sp³-hybridized carbons (Fsp3) is 0.235. The Kier molecular flexibility index (Phi) is 2.90. The summed E-state index contributed by atoms with van der Waals surface area (Å²) in [4.78, 5) is 12.8. The van der Waals surface area contributed by atoms with Gasteiger partial charge in [-0.1, -0.05) is 53.5 Å². The number of fused-ring (bicyclic) bond motifs is 1. The summed E-state index contributed by atoms with van der Waals surface area (Å²) in [5.41, 5.74) is 1.99. The van der Waals surface area contributed by atoms with Crippen LogP contribution < -0.4 is 0 Å². The van der Waals surface area contributed by atoms with Gasteiger partial charge in [0, 0.05) is 21.2 Å². The normalized spacial score (nSPS) is 26.8. The molecular weight excluding hydrogens is 307 g/mol. The first-order chi connectivity index (χ1) is 10.1. The van der Waals surface area contributed by atoms with E-state index in [1.54, 1.807) is 12.1 Å². The lowest BCUT2D eigenvalue weighted by Gasteiger charge is -2.21. The number of rotatable bonds is 1. The van der Waals surface area contributed by atoms with Crippen molar-refractivity contribution in [3.63, 3.8) is 0 Å². The molecule has 2 atom stereocenters. The van der Waals surface area contributed by atoms with E-state index in [9.17, 15) is 4.79 Å². The predicted octanol–water partition coefficient (Wildman–Crippen LogP) is 4.63. The topological polar surface area (TPSA) is 29.6 Å². The largest absolute Gasteiger partial charge is 0.352 e. The molecule has 2 aliphatic rings. The molecule has 21 heavy (non-hydrogen) atoms. The van der Waals surface area contributed by atoms with Gasteiger partial charge in [-0.2, -0.15) is 0 Å². The monoisotopic (exact) mass is 318 g/mol. The molecule has 2 aromatic rings. The number of ketones is 1. The summed E-state index contributed by atoms with van der Waals surface area (Å²) in [5, 5.41) is 1.13. The first-order valence-electron chi connectivity index (χ1n) is 6.87. The van der Waals surface area contributed by atoms with Crippen molar-refractivity contribution in [2.75, 3.05) is 0 Å². The van der Waals surface area contributed by atoms with Crippen molar-refractivity contribution in [1.82, 2.24) is 0 Å². The average Bonchev–Trinajstić information content (AvgIpc) is 3.19. The zero-order chi connectivity index (χ0) is 14.6. The SMILES string of the molecule is O=C1c2ccccc2CCC12OC2c1ccc(Cl)cc1Cl. The highest BCUT2D eigenvalue weighted by molar-refractivity contribution is 6.35. The van der Waals surface area contributed by atoms with Crippen molar-refractivity contribution in [3.05, 3.63) is 69.2 Å². The van der Waals surface area contributed by atoms with Crippen LogP contribution in [0, 0.1) is 0 Å². The minimum absolute atomic E-state index is 0.0698. The molecule has 2 unspecified atom stereocenters. The van der Waals surface area contributed by atoms with E-state index in [2.05, 4.69) is 0 Å². The Balaban J connectivity index is 1.71. The quantitative estimate of drug-likeness (QED) is 0.717. The van der Waals surface area contributed by atoms with Crippen molar-refractivity contribution >= 4 is 29.0 Å². The molecule has 0 N–H and O–H groups in total. The molecule has 1 fully saturated rings. The third-order valence-electron chi connectivity index (χ3n) is 4.35. The van der Waals surface area contributed by atoms with Crippen molar-refractivity contribution in [1.29, 1.82) is 0 Å². The van der Waals surface area contributed by atoms with E-state index in [1.165, 1.54) is 0 Å². The number of ether oxygens (including phenoxy) is 1. The molecule has 0 radical (unpaired) electrons. The zero-order valence-electron chi connectivity index (χ0n) is 11.1. The molecule has 2 nitrogen and oxygen atoms in total. The van der Waals surface area contributed by atoms with E-state index < -0.39 is 5.60 Å². The third kappa shape index (κ3) is 1.94. The van der Waals surface area contributed by atoms with Gasteiger partial charge >= 0.3 is 0 Å². The van der Waals surface area contributed by atoms with Crippen LogP contribution in [0.25, 0.3) is 0 Å². The summed E-state index contributed by atoms with van der Waals surface area (Å²) >= 11 is 12.2. The Morgan fingerprint density at radius 1 is 1.14 bits per heavy atom. The number of hydrogen-bond acceptors (Lipinski definition) is 2. The predicted molar refractivity (Wildman–Crippen MR) is 82.1 cm³/mol. The molecule has 1 heterocycles. The minimum atomic E-state index is -0.730. The number of aryl methyl sites for hydroxylation is 1. The number of epoxide rings is 1. The Morgan fingerprint density at radius 3 is 2.76 bits per heavy atom. The van der Waals surface area contributed by atoms with Gasteiger partial charge in [0.1, 0.15) is 6.10 Å². The van der Waals surface area contributed by atoms with Gasteiger partial charge in [0.15, 0.2) is 11.4 Å². The van der Waals surface area contributed by atoms with E-state index >= 15 is 0 Å². The Hall–Kier alpha value is -1.35. The third-order valence-corrected chi connectivity index (χ3v) is 4.91. The summed E-state index contributed by atoms with van der Waals surface area (Å²) < 4.78 is 5.84. The maximum atomic E-state index is 12.8. The second kappa shape index (κ2) is 4.57. The first-order valence-corrected chi connectivity index (χ1v) is 7.63. The molecule has 0 saturated carbocycles. The van der Waals surface area contributed by atoms with Gasteiger partial charge in [0.05, 0.1) is 0 Å². The van der Waals surface area contributed by atoms with Crippen LogP contribution in [0.15, 0.2) is 42.5 Å². The standard InChI is InChI=1S/C17H12Cl2O2/c18-11-5-6-13(14(19)9-11)16-17(21-16)8-7-10-3-1-2-4-12(10)15(17)20/h1-6,9,16H,7-8H2. The van der Waals surface area contributed by atoms with Crippen LogP contribution in [0.5, 0.6) is 0 Å². The maximum absolute atomic E-state index is 12.8. The second-order valence-corrected chi connectivity index (χ2v) is 6.38. The van der Waals surface area contributed by atoms with Crippen LogP contribution in [0.2, 0.25) is 10.0 Å². The van der Waals surface area contributed by atoms with E-state index in [1.807, 2.05) is 30.3 Å². The molecule has 1 aliphatic carbocycles. The van der Waals surface area contributed by atoms with Crippen LogP contribution in [0.1, 0.15) is 34.0 Å². The first kappa shape index (κ1) is 13.3. The highest BCUT2D eigenvalue weighted by atomic mass is 35.5. The number of hydrogen-bond donors (Lipinski definition) is 0. The molecule has 2 aromatic carbocycles. The van der Waals surface area contributed by atoms with E-state index in [4.69, 9.17) is 27.9 Å². The number of halogens is 2. The van der Waals surface area contributed by atoms with Crippen molar-refractivity contribution in [3.8, 4) is 0 Å². The maximum Gasteiger partial charge on any atom is 0.198 e. The molecule has 1 saturated heterocycles. The molecule has 4 rings (SSSR count). The van der Waals surface area contributed by atoms with Crippen molar-refractivity contribution in [2.24, 2.45) is 0 Å². The molecule has 1 aliphatic heterocycles. The van der Waals surface area contributed by atoms with Gasteiger partial charge in [-0.15, -0.1) is 0 Å². The van der Waals surface area contributed by atoms with Crippen LogP contribution in [0.3, 0.4) is 0 Å². The highest BCUT2D eigenvalue weighted by Crippen LogP contribution is 2.57. The summed E-state index contributed by atoms with van der Waals surface area (Å²) in [7, 11) is 0. The average molecular weight is 319 g/mol.